The number of benzene rings is 1. The Hall–Kier alpha value is -1.41. The fraction of sp³-hybridized carbons (Fsp3) is 0.308. The quantitative estimate of drug-likeness (QED) is 0.809. The van der Waals surface area contributed by atoms with Gasteiger partial charge in [0.1, 0.15) is 0 Å². The number of aromatic nitrogens is 1. The van der Waals surface area contributed by atoms with E-state index < -0.39 is 0 Å². The molecule has 1 aromatic carbocycles. The van der Waals surface area contributed by atoms with Crippen molar-refractivity contribution < 1.29 is 5.11 Å². The van der Waals surface area contributed by atoms with Gasteiger partial charge >= 0.3 is 0 Å². The topological polar surface area (TPSA) is 33.1 Å². The third-order valence-electron chi connectivity index (χ3n) is 2.82. The summed E-state index contributed by atoms with van der Waals surface area (Å²) < 4.78 is 0. The third kappa shape index (κ3) is 1.85. The fourth-order valence-corrected chi connectivity index (χ4v) is 1.60. The highest BCUT2D eigenvalue weighted by Crippen LogP contribution is 2.25. The number of hydrogen-bond donors (Lipinski definition) is 1. The molecule has 2 rings (SSSR count). The molecule has 0 fully saturated rings. The SMILES string of the molecule is CC(C)(CO)c1ccc2cnccc2c1. The highest BCUT2D eigenvalue weighted by atomic mass is 16.3. The summed E-state index contributed by atoms with van der Waals surface area (Å²) in [5, 5.41) is 11.6. The van der Waals surface area contributed by atoms with Crippen LogP contribution in [0, 0.1) is 0 Å². The second-order valence-electron chi connectivity index (χ2n) is 4.48. The zero-order valence-corrected chi connectivity index (χ0v) is 9.07. The summed E-state index contributed by atoms with van der Waals surface area (Å²) in [6, 6.07) is 8.22. The first-order valence-electron chi connectivity index (χ1n) is 5.08. The smallest absolute Gasteiger partial charge is 0.0522 e. The summed E-state index contributed by atoms with van der Waals surface area (Å²) in [4.78, 5) is 4.08. The normalized spacial score (nSPS) is 11.9. The van der Waals surface area contributed by atoms with Gasteiger partial charge in [0.15, 0.2) is 0 Å². The van der Waals surface area contributed by atoms with Crippen molar-refractivity contribution in [1.82, 2.24) is 4.98 Å². The molecule has 1 aromatic heterocycles. The van der Waals surface area contributed by atoms with E-state index in [1.807, 2.05) is 26.1 Å². The van der Waals surface area contributed by atoms with Crippen LogP contribution in [-0.2, 0) is 5.41 Å². The van der Waals surface area contributed by atoms with E-state index in [4.69, 9.17) is 0 Å². The minimum Gasteiger partial charge on any atom is -0.395 e. The van der Waals surface area contributed by atoms with Crippen LogP contribution in [0.2, 0.25) is 0 Å². The molecule has 0 radical (unpaired) electrons. The summed E-state index contributed by atoms with van der Waals surface area (Å²) in [5.74, 6) is 0. The molecule has 15 heavy (non-hydrogen) atoms. The minimum absolute atomic E-state index is 0.156. The Morgan fingerprint density at radius 3 is 2.73 bits per heavy atom. The highest BCUT2D eigenvalue weighted by Gasteiger charge is 2.19. The van der Waals surface area contributed by atoms with Crippen LogP contribution in [0.3, 0.4) is 0 Å². The first-order valence-corrected chi connectivity index (χ1v) is 5.08. The number of fused-ring (bicyclic) bond motifs is 1. The van der Waals surface area contributed by atoms with E-state index in [-0.39, 0.29) is 12.0 Å². The molecular formula is C13H15NO. The highest BCUT2D eigenvalue weighted by molar-refractivity contribution is 5.82. The van der Waals surface area contributed by atoms with E-state index in [1.165, 1.54) is 5.39 Å². The number of rotatable bonds is 2. The van der Waals surface area contributed by atoms with Crippen LogP contribution in [-0.4, -0.2) is 16.7 Å². The lowest BCUT2D eigenvalue weighted by Gasteiger charge is -2.22. The van der Waals surface area contributed by atoms with Crippen molar-refractivity contribution >= 4 is 10.8 Å². The number of aliphatic hydroxyl groups excluding tert-OH is 1. The van der Waals surface area contributed by atoms with E-state index in [2.05, 4.69) is 23.2 Å². The van der Waals surface area contributed by atoms with Gasteiger partial charge in [-0.2, -0.15) is 0 Å². The van der Waals surface area contributed by atoms with Crippen molar-refractivity contribution in [2.75, 3.05) is 6.61 Å². The van der Waals surface area contributed by atoms with Gasteiger partial charge in [-0.05, 0) is 17.0 Å². The molecule has 0 spiro atoms. The average molecular weight is 201 g/mol. The van der Waals surface area contributed by atoms with Crippen molar-refractivity contribution in [3.8, 4) is 0 Å². The van der Waals surface area contributed by atoms with Gasteiger partial charge in [0, 0.05) is 23.2 Å². The molecule has 1 N–H and O–H groups in total. The molecule has 0 saturated carbocycles. The van der Waals surface area contributed by atoms with Crippen molar-refractivity contribution in [2.45, 2.75) is 19.3 Å². The summed E-state index contributed by atoms with van der Waals surface area (Å²) in [5.41, 5.74) is 0.973. The van der Waals surface area contributed by atoms with Crippen LogP contribution in [0.25, 0.3) is 10.8 Å². The Balaban J connectivity index is 2.56. The third-order valence-corrected chi connectivity index (χ3v) is 2.82. The van der Waals surface area contributed by atoms with Gasteiger partial charge in [-0.25, -0.2) is 0 Å². The Kier molecular flexibility index (Phi) is 2.45. The minimum atomic E-state index is -0.183. The second kappa shape index (κ2) is 3.63. The van der Waals surface area contributed by atoms with Crippen LogP contribution in [0.4, 0.5) is 0 Å². The van der Waals surface area contributed by atoms with E-state index in [0.717, 1.165) is 10.9 Å². The predicted molar refractivity (Wildman–Crippen MR) is 61.9 cm³/mol. The summed E-state index contributed by atoms with van der Waals surface area (Å²) in [7, 11) is 0. The molecule has 0 atom stereocenters. The fourth-order valence-electron chi connectivity index (χ4n) is 1.60. The van der Waals surface area contributed by atoms with Gasteiger partial charge < -0.3 is 5.11 Å². The van der Waals surface area contributed by atoms with Gasteiger partial charge in [-0.15, -0.1) is 0 Å². The van der Waals surface area contributed by atoms with E-state index in [0.29, 0.717) is 0 Å². The van der Waals surface area contributed by atoms with Crippen LogP contribution < -0.4 is 0 Å². The van der Waals surface area contributed by atoms with E-state index in [9.17, 15) is 5.11 Å². The number of aliphatic hydroxyl groups is 1. The maximum Gasteiger partial charge on any atom is 0.0522 e. The lowest BCUT2D eigenvalue weighted by Crippen LogP contribution is -2.21. The molecule has 1 heterocycles. The molecule has 0 unspecified atom stereocenters. The molecule has 78 valence electrons. The van der Waals surface area contributed by atoms with Crippen LogP contribution >= 0.6 is 0 Å². The Morgan fingerprint density at radius 2 is 2.00 bits per heavy atom. The van der Waals surface area contributed by atoms with Gasteiger partial charge in [0.25, 0.3) is 0 Å². The molecule has 0 saturated heterocycles. The first kappa shape index (κ1) is 10.1. The molecule has 2 nitrogen and oxygen atoms in total. The molecule has 0 bridgehead atoms. The lowest BCUT2D eigenvalue weighted by molar-refractivity contribution is 0.218. The second-order valence-corrected chi connectivity index (χ2v) is 4.48. The van der Waals surface area contributed by atoms with Crippen molar-refractivity contribution in [3.05, 3.63) is 42.2 Å². The first-order chi connectivity index (χ1) is 7.13. The van der Waals surface area contributed by atoms with Crippen LogP contribution in [0.15, 0.2) is 36.7 Å². The van der Waals surface area contributed by atoms with Crippen molar-refractivity contribution in [2.24, 2.45) is 0 Å². The van der Waals surface area contributed by atoms with Gasteiger partial charge in [0.2, 0.25) is 0 Å². The zero-order valence-electron chi connectivity index (χ0n) is 9.07. The Bertz CT molecular complexity index is 477. The lowest BCUT2D eigenvalue weighted by atomic mass is 9.85. The molecular weight excluding hydrogens is 186 g/mol. The number of hydrogen-bond acceptors (Lipinski definition) is 2. The van der Waals surface area contributed by atoms with Gasteiger partial charge in [0.05, 0.1) is 6.61 Å². The van der Waals surface area contributed by atoms with Crippen LogP contribution in [0.5, 0.6) is 0 Å². The van der Waals surface area contributed by atoms with Crippen molar-refractivity contribution in [3.63, 3.8) is 0 Å². The number of nitrogens with zero attached hydrogens (tertiary/aromatic N) is 1. The molecule has 2 aromatic rings. The zero-order chi connectivity index (χ0) is 10.9. The predicted octanol–water partition coefficient (Wildman–Crippen LogP) is 2.50. The van der Waals surface area contributed by atoms with E-state index >= 15 is 0 Å². The standard InChI is InChI=1S/C13H15NO/c1-13(2,9-15)12-4-3-11-8-14-6-5-10(11)7-12/h3-8,15H,9H2,1-2H3. The average Bonchev–Trinajstić information content (AvgIpc) is 2.28. The Labute approximate surface area is 89.6 Å². The molecule has 0 aliphatic heterocycles. The van der Waals surface area contributed by atoms with Crippen molar-refractivity contribution in [1.29, 1.82) is 0 Å². The summed E-state index contributed by atoms with van der Waals surface area (Å²) >= 11 is 0. The molecule has 2 heteroatoms. The van der Waals surface area contributed by atoms with Crippen LogP contribution in [0.1, 0.15) is 19.4 Å². The molecule has 0 amide bonds. The summed E-state index contributed by atoms with van der Waals surface area (Å²) in [6.07, 6.45) is 3.64. The van der Waals surface area contributed by atoms with Gasteiger partial charge in [-0.1, -0.05) is 32.0 Å². The largest absolute Gasteiger partial charge is 0.395 e. The monoisotopic (exact) mass is 201 g/mol. The maximum absolute atomic E-state index is 9.31. The van der Waals surface area contributed by atoms with Gasteiger partial charge in [-0.3, -0.25) is 4.98 Å². The summed E-state index contributed by atoms with van der Waals surface area (Å²) in [6.45, 7) is 4.23. The number of pyridine rings is 1. The van der Waals surface area contributed by atoms with E-state index in [1.54, 1.807) is 6.20 Å². The Morgan fingerprint density at radius 1 is 1.20 bits per heavy atom. The molecule has 0 aliphatic carbocycles. The maximum atomic E-state index is 9.31. The molecule has 0 aliphatic rings.